The third-order valence-electron chi connectivity index (χ3n) is 3.32. The molecule has 104 valence electrons. The quantitative estimate of drug-likeness (QED) is 0.846. The lowest BCUT2D eigenvalue weighted by Crippen LogP contribution is -2.45. The van der Waals surface area contributed by atoms with Gasteiger partial charge in [0.1, 0.15) is 5.56 Å². The Kier molecular flexibility index (Phi) is 4.34. The average Bonchev–Trinajstić information content (AvgIpc) is 2.41. The van der Waals surface area contributed by atoms with Crippen molar-refractivity contribution in [1.29, 1.82) is 0 Å². The van der Waals surface area contributed by atoms with Gasteiger partial charge in [0.2, 0.25) is 0 Å². The van der Waals surface area contributed by atoms with Gasteiger partial charge in [-0.05, 0) is 18.7 Å². The summed E-state index contributed by atoms with van der Waals surface area (Å²) in [6.45, 7) is 5.73. The van der Waals surface area contributed by atoms with E-state index in [-0.39, 0.29) is 11.7 Å². The van der Waals surface area contributed by atoms with Crippen molar-refractivity contribution in [2.24, 2.45) is 0 Å². The van der Waals surface area contributed by atoms with Crippen LogP contribution in [0.4, 0.5) is 0 Å². The van der Waals surface area contributed by atoms with E-state index in [1.807, 2.05) is 0 Å². The molecule has 1 aliphatic heterocycles. The molecule has 1 aromatic heterocycles. The lowest BCUT2D eigenvalue weighted by atomic mass is 10.2. The van der Waals surface area contributed by atoms with Crippen LogP contribution in [0.2, 0.25) is 0 Å². The first-order valence-corrected chi connectivity index (χ1v) is 6.38. The van der Waals surface area contributed by atoms with Crippen molar-refractivity contribution < 1.29 is 14.6 Å². The van der Waals surface area contributed by atoms with Gasteiger partial charge >= 0.3 is 5.97 Å². The SMILES string of the molecule is CCN1CCOC(Cn2cccc(C(=O)O)c2=O)C1. The number of ether oxygens (including phenoxy) is 1. The Balaban J connectivity index is 2.13. The molecule has 2 rings (SSSR count). The number of pyridine rings is 1. The lowest BCUT2D eigenvalue weighted by Gasteiger charge is -2.32. The van der Waals surface area contributed by atoms with Gasteiger partial charge in [-0.3, -0.25) is 9.69 Å². The molecule has 1 aliphatic rings. The van der Waals surface area contributed by atoms with E-state index >= 15 is 0 Å². The van der Waals surface area contributed by atoms with Crippen LogP contribution in [0, 0.1) is 0 Å². The molecule has 0 radical (unpaired) electrons. The van der Waals surface area contributed by atoms with Crippen molar-refractivity contribution in [2.75, 3.05) is 26.2 Å². The molecular formula is C13H18N2O4. The van der Waals surface area contributed by atoms with Gasteiger partial charge in [-0.25, -0.2) is 4.79 Å². The first-order chi connectivity index (χ1) is 9.11. The van der Waals surface area contributed by atoms with Crippen LogP contribution in [0.15, 0.2) is 23.1 Å². The number of hydrogen-bond acceptors (Lipinski definition) is 4. The summed E-state index contributed by atoms with van der Waals surface area (Å²) >= 11 is 0. The summed E-state index contributed by atoms with van der Waals surface area (Å²) in [7, 11) is 0. The number of carboxylic acid groups (broad SMARTS) is 1. The fourth-order valence-electron chi connectivity index (χ4n) is 2.24. The Morgan fingerprint density at radius 3 is 3.05 bits per heavy atom. The lowest BCUT2D eigenvalue weighted by molar-refractivity contribution is -0.0347. The summed E-state index contributed by atoms with van der Waals surface area (Å²) in [5.74, 6) is -1.20. The molecule has 0 bridgehead atoms. The summed E-state index contributed by atoms with van der Waals surface area (Å²) in [4.78, 5) is 25.1. The maximum atomic E-state index is 11.9. The zero-order valence-electron chi connectivity index (χ0n) is 10.9. The number of carboxylic acids is 1. The highest BCUT2D eigenvalue weighted by atomic mass is 16.5. The maximum absolute atomic E-state index is 11.9. The second kappa shape index (κ2) is 5.99. The molecular weight excluding hydrogens is 248 g/mol. The first kappa shape index (κ1) is 13.8. The predicted octanol–water partition coefficient (Wildman–Crippen LogP) is 0.267. The van der Waals surface area contributed by atoms with Crippen molar-refractivity contribution in [3.8, 4) is 0 Å². The maximum Gasteiger partial charge on any atom is 0.341 e. The van der Waals surface area contributed by atoms with Gasteiger partial charge in [0.15, 0.2) is 0 Å². The molecule has 1 atom stereocenters. The van der Waals surface area contributed by atoms with Gasteiger partial charge in [-0.1, -0.05) is 6.92 Å². The third-order valence-corrected chi connectivity index (χ3v) is 3.32. The predicted molar refractivity (Wildman–Crippen MR) is 69.5 cm³/mol. The van der Waals surface area contributed by atoms with E-state index in [9.17, 15) is 9.59 Å². The van der Waals surface area contributed by atoms with Crippen molar-refractivity contribution in [3.63, 3.8) is 0 Å². The molecule has 6 nitrogen and oxygen atoms in total. The van der Waals surface area contributed by atoms with Gasteiger partial charge in [-0.2, -0.15) is 0 Å². The molecule has 0 aliphatic carbocycles. The van der Waals surface area contributed by atoms with E-state index in [0.717, 1.165) is 19.6 Å². The zero-order valence-corrected chi connectivity index (χ0v) is 10.9. The zero-order chi connectivity index (χ0) is 13.8. The molecule has 19 heavy (non-hydrogen) atoms. The molecule has 0 saturated carbocycles. The van der Waals surface area contributed by atoms with E-state index < -0.39 is 11.5 Å². The Labute approximate surface area is 111 Å². The smallest absolute Gasteiger partial charge is 0.341 e. The highest BCUT2D eigenvalue weighted by molar-refractivity contribution is 5.86. The van der Waals surface area contributed by atoms with Crippen LogP contribution in [0.25, 0.3) is 0 Å². The summed E-state index contributed by atoms with van der Waals surface area (Å²) in [6.07, 6.45) is 1.53. The van der Waals surface area contributed by atoms with E-state index in [2.05, 4.69) is 11.8 Å². The van der Waals surface area contributed by atoms with Crippen LogP contribution in [0.3, 0.4) is 0 Å². The van der Waals surface area contributed by atoms with Gasteiger partial charge in [0.05, 0.1) is 19.3 Å². The topological polar surface area (TPSA) is 71.8 Å². The minimum absolute atomic E-state index is 0.0737. The number of aromatic carboxylic acids is 1. The number of rotatable bonds is 4. The van der Waals surface area contributed by atoms with Gasteiger partial charge in [0.25, 0.3) is 5.56 Å². The van der Waals surface area contributed by atoms with Crippen LogP contribution >= 0.6 is 0 Å². The molecule has 1 saturated heterocycles. The molecule has 0 aromatic carbocycles. The summed E-state index contributed by atoms with van der Waals surface area (Å²) < 4.78 is 7.03. The molecule has 1 unspecified atom stereocenters. The number of carbonyl (C=O) groups is 1. The minimum atomic E-state index is -1.20. The molecule has 0 amide bonds. The van der Waals surface area contributed by atoms with Gasteiger partial charge in [-0.15, -0.1) is 0 Å². The third kappa shape index (κ3) is 3.21. The van der Waals surface area contributed by atoms with Crippen LogP contribution in [-0.4, -0.2) is 52.9 Å². The first-order valence-electron chi connectivity index (χ1n) is 6.38. The molecule has 0 spiro atoms. The molecule has 6 heteroatoms. The minimum Gasteiger partial charge on any atom is -0.477 e. The Morgan fingerprint density at radius 2 is 2.37 bits per heavy atom. The van der Waals surface area contributed by atoms with Crippen LogP contribution in [0.5, 0.6) is 0 Å². The number of morpholine rings is 1. The van der Waals surface area contributed by atoms with E-state index in [1.165, 1.54) is 10.6 Å². The fraction of sp³-hybridized carbons (Fsp3) is 0.538. The Bertz CT molecular complexity index is 512. The number of hydrogen-bond donors (Lipinski definition) is 1. The Hall–Kier alpha value is -1.66. The van der Waals surface area contributed by atoms with Crippen LogP contribution in [0.1, 0.15) is 17.3 Å². The summed E-state index contributed by atoms with van der Waals surface area (Å²) in [5.41, 5.74) is -0.683. The van der Waals surface area contributed by atoms with Crippen molar-refractivity contribution in [3.05, 3.63) is 34.2 Å². The molecule has 1 aromatic rings. The van der Waals surface area contributed by atoms with E-state index in [0.29, 0.717) is 13.2 Å². The Morgan fingerprint density at radius 1 is 1.58 bits per heavy atom. The number of aromatic nitrogens is 1. The van der Waals surface area contributed by atoms with Crippen LogP contribution < -0.4 is 5.56 Å². The largest absolute Gasteiger partial charge is 0.477 e. The average molecular weight is 266 g/mol. The van der Waals surface area contributed by atoms with Crippen molar-refractivity contribution in [2.45, 2.75) is 19.6 Å². The molecule has 2 heterocycles. The molecule has 1 N–H and O–H groups in total. The van der Waals surface area contributed by atoms with Crippen molar-refractivity contribution >= 4 is 5.97 Å². The monoisotopic (exact) mass is 266 g/mol. The van der Waals surface area contributed by atoms with Crippen LogP contribution in [-0.2, 0) is 11.3 Å². The van der Waals surface area contributed by atoms with Crippen molar-refractivity contribution in [1.82, 2.24) is 9.47 Å². The standard InChI is InChI=1S/C13H18N2O4/c1-2-14-6-7-19-10(8-14)9-15-5-3-4-11(12(15)16)13(17)18/h3-5,10H,2,6-9H2,1H3,(H,17,18). The number of nitrogens with zero attached hydrogens (tertiary/aromatic N) is 2. The highest BCUT2D eigenvalue weighted by Gasteiger charge is 2.20. The number of likely N-dealkylation sites (N-methyl/N-ethyl adjacent to an activating group) is 1. The highest BCUT2D eigenvalue weighted by Crippen LogP contribution is 2.06. The van der Waals surface area contributed by atoms with E-state index in [4.69, 9.17) is 9.84 Å². The second-order valence-electron chi connectivity index (χ2n) is 4.57. The van der Waals surface area contributed by atoms with Gasteiger partial charge in [0, 0.05) is 19.3 Å². The molecule has 1 fully saturated rings. The van der Waals surface area contributed by atoms with E-state index in [1.54, 1.807) is 12.3 Å². The fourth-order valence-corrected chi connectivity index (χ4v) is 2.24. The summed E-state index contributed by atoms with van der Waals surface area (Å²) in [6, 6.07) is 2.90. The van der Waals surface area contributed by atoms with Gasteiger partial charge < -0.3 is 14.4 Å². The summed E-state index contributed by atoms with van der Waals surface area (Å²) in [5, 5.41) is 8.92. The second-order valence-corrected chi connectivity index (χ2v) is 4.57. The normalized spacial score (nSPS) is 20.4.